The maximum Gasteiger partial charge on any atom is 0.0641 e. The number of rotatable bonds is 6. The van der Waals surface area contributed by atoms with Crippen molar-refractivity contribution in [2.24, 2.45) is 0 Å². The Morgan fingerprint density at radius 1 is 0.314 bits per heavy atom. The molecule has 0 amide bonds. The molecule has 3 heteroatoms. The minimum atomic E-state index is 1.13. The number of hydrogen-bond donors (Lipinski definition) is 0. The van der Waals surface area contributed by atoms with Gasteiger partial charge in [-0.3, -0.25) is 0 Å². The molecule has 2 heterocycles. The fourth-order valence-electron chi connectivity index (χ4n) is 7.49. The lowest BCUT2D eigenvalue weighted by Crippen LogP contribution is -2.10. The van der Waals surface area contributed by atoms with Gasteiger partial charge in [-0.05, 0) is 75.8 Å². The summed E-state index contributed by atoms with van der Waals surface area (Å²) < 4.78 is 5.18. The monoisotopic (exact) mass is 685 g/mol. The van der Waals surface area contributed by atoms with Crippen molar-refractivity contribution in [3.63, 3.8) is 0 Å². The van der Waals surface area contributed by atoms with E-state index < -0.39 is 0 Å². The standard InChI is InChI=1S/C48H31NS2/c1-3-12-32(13-4-1)33-22-24-34(25-23-33)35-26-28-37(29-27-35)49(41-18-11-21-45-47(41)40-17-8-9-19-43(40)50-45)42-31-30-38(36-14-5-2-6-15-36)46-39-16-7-10-20-44(39)51-48(42)46/h1-31H. The van der Waals surface area contributed by atoms with Gasteiger partial charge in [0.25, 0.3) is 0 Å². The first-order valence-electron chi connectivity index (χ1n) is 17.3. The molecule has 2 aromatic heterocycles. The molecular weight excluding hydrogens is 655 g/mol. The van der Waals surface area contributed by atoms with E-state index in [1.165, 1.54) is 85.1 Å². The Bertz CT molecular complexity index is 2830. The second kappa shape index (κ2) is 12.4. The van der Waals surface area contributed by atoms with Crippen molar-refractivity contribution < 1.29 is 0 Å². The van der Waals surface area contributed by atoms with Crippen LogP contribution in [0.5, 0.6) is 0 Å². The Morgan fingerprint density at radius 2 is 0.824 bits per heavy atom. The van der Waals surface area contributed by atoms with Crippen LogP contribution in [-0.2, 0) is 0 Å². The van der Waals surface area contributed by atoms with Gasteiger partial charge >= 0.3 is 0 Å². The molecule has 0 atom stereocenters. The average Bonchev–Trinajstić information content (AvgIpc) is 3.79. The number of thiophene rings is 2. The molecule has 10 rings (SSSR count). The van der Waals surface area contributed by atoms with Gasteiger partial charge in [0.2, 0.25) is 0 Å². The fourth-order valence-corrected chi connectivity index (χ4v) is 9.85. The highest BCUT2D eigenvalue weighted by Crippen LogP contribution is 2.51. The minimum Gasteiger partial charge on any atom is -0.308 e. The molecule has 240 valence electrons. The number of hydrogen-bond acceptors (Lipinski definition) is 3. The Hall–Kier alpha value is -6.00. The molecule has 0 aliphatic heterocycles. The van der Waals surface area contributed by atoms with E-state index in [9.17, 15) is 0 Å². The van der Waals surface area contributed by atoms with Crippen molar-refractivity contribution in [1.82, 2.24) is 0 Å². The van der Waals surface area contributed by atoms with Crippen LogP contribution in [0.4, 0.5) is 17.1 Å². The van der Waals surface area contributed by atoms with Gasteiger partial charge in [0, 0.05) is 41.3 Å². The first kappa shape index (κ1) is 29.9. The topological polar surface area (TPSA) is 3.24 Å². The van der Waals surface area contributed by atoms with Crippen LogP contribution in [-0.4, -0.2) is 0 Å². The zero-order valence-corrected chi connectivity index (χ0v) is 29.3. The summed E-state index contributed by atoms with van der Waals surface area (Å²) >= 11 is 3.75. The summed E-state index contributed by atoms with van der Waals surface area (Å²) in [5.41, 5.74) is 10.9. The molecule has 0 aliphatic rings. The maximum atomic E-state index is 2.50. The molecule has 1 nitrogen and oxygen atoms in total. The molecule has 0 fully saturated rings. The van der Waals surface area contributed by atoms with Gasteiger partial charge in [-0.1, -0.05) is 146 Å². The highest BCUT2D eigenvalue weighted by molar-refractivity contribution is 7.26. The van der Waals surface area contributed by atoms with Gasteiger partial charge in [-0.25, -0.2) is 0 Å². The van der Waals surface area contributed by atoms with Crippen LogP contribution in [0.3, 0.4) is 0 Å². The van der Waals surface area contributed by atoms with E-state index >= 15 is 0 Å². The van der Waals surface area contributed by atoms with Crippen LogP contribution < -0.4 is 4.90 Å². The van der Waals surface area contributed by atoms with Crippen LogP contribution in [0, 0.1) is 0 Å². The zero-order valence-electron chi connectivity index (χ0n) is 27.7. The molecule has 8 aromatic carbocycles. The summed E-state index contributed by atoms with van der Waals surface area (Å²) in [5.74, 6) is 0. The Balaban J connectivity index is 1.18. The smallest absolute Gasteiger partial charge is 0.0641 e. The lowest BCUT2D eigenvalue weighted by molar-refractivity contribution is 1.32. The van der Waals surface area contributed by atoms with E-state index in [2.05, 4.69) is 193 Å². The minimum absolute atomic E-state index is 1.13. The van der Waals surface area contributed by atoms with E-state index in [0.29, 0.717) is 0 Å². The fraction of sp³-hybridized carbons (Fsp3) is 0. The third-order valence-electron chi connectivity index (χ3n) is 9.90. The molecule has 0 unspecified atom stereocenters. The average molecular weight is 686 g/mol. The largest absolute Gasteiger partial charge is 0.308 e. The van der Waals surface area contributed by atoms with Crippen molar-refractivity contribution in [1.29, 1.82) is 0 Å². The summed E-state index contributed by atoms with van der Waals surface area (Å²) in [4.78, 5) is 2.50. The number of fused-ring (bicyclic) bond motifs is 6. The number of nitrogens with zero attached hydrogens (tertiary/aromatic N) is 1. The number of benzene rings is 8. The van der Waals surface area contributed by atoms with Crippen molar-refractivity contribution >= 4 is 80.1 Å². The van der Waals surface area contributed by atoms with Crippen LogP contribution in [0.2, 0.25) is 0 Å². The van der Waals surface area contributed by atoms with Crippen LogP contribution in [0.1, 0.15) is 0 Å². The molecule has 51 heavy (non-hydrogen) atoms. The van der Waals surface area contributed by atoms with Gasteiger partial charge in [0.15, 0.2) is 0 Å². The lowest BCUT2D eigenvalue weighted by Gasteiger charge is -2.28. The molecule has 0 bridgehead atoms. The predicted octanol–water partition coefficient (Wildman–Crippen LogP) is 14.9. The molecular formula is C48H31NS2. The van der Waals surface area contributed by atoms with Gasteiger partial charge in [-0.15, -0.1) is 22.7 Å². The highest BCUT2D eigenvalue weighted by Gasteiger charge is 2.23. The van der Waals surface area contributed by atoms with Crippen molar-refractivity contribution in [2.45, 2.75) is 0 Å². The second-order valence-corrected chi connectivity index (χ2v) is 15.0. The number of anilines is 3. The van der Waals surface area contributed by atoms with Gasteiger partial charge in [-0.2, -0.15) is 0 Å². The first-order valence-corrected chi connectivity index (χ1v) is 18.9. The second-order valence-electron chi connectivity index (χ2n) is 12.9. The maximum absolute atomic E-state index is 2.50. The quantitative estimate of drug-likeness (QED) is 0.168. The summed E-state index contributed by atoms with van der Waals surface area (Å²) in [6, 6.07) is 68.5. The molecule has 0 saturated heterocycles. The van der Waals surface area contributed by atoms with E-state index in [1.807, 2.05) is 22.7 Å². The van der Waals surface area contributed by atoms with E-state index in [4.69, 9.17) is 0 Å². The summed E-state index contributed by atoms with van der Waals surface area (Å²) in [5, 5.41) is 5.19. The highest BCUT2D eigenvalue weighted by atomic mass is 32.1. The van der Waals surface area contributed by atoms with Crippen molar-refractivity contribution in [3.05, 3.63) is 188 Å². The molecule has 0 aliphatic carbocycles. The predicted molar refractivity (Wildman–Crippen MR) is 223 cm³/mol. The van der Waals surface area contributed by atoms with Crippen LogP contribution in [0.25, 0.3) is 73.7 Å². The molecule has 0 saturated carbocycles. The van der Waals surface area contributed by atoms with Crippen LogP contribution in [0.15, 0.2) is 188 Å². The lowest BCUT2D eigenvalue weighted by atomic mass is 9.97. The van der Waals surface area contributed by atoms with Gasteiger partial charge in [0.05, 0.1) is 16.1 Å². The molecule has 0 spiro atoms. The van der Waals surface area contributed by atoms with Crippen molar-refractivity contribution in [3.8, 4) is 33.4 Å². The Morgan fingerprint density at radius 3 is 1.49 bits per heavy atom. The zero-order chi connectivity index (χ0) is 33.7. The van der Waals surface area contributed by atoms with E-state index in [0.717, 1.165) is 5.69 Å². The van der Waals surface area contributed by atoms with E-state index in [-0.39, 0.29) is 0 Å². The molecule has 0 N–H and O–H groups in total. The normalized spacial score (nSPS) is 11.5. The van der Waals surface area contributed by atoms with Gasteiger partial charge < -0.3 is 4.90 Å². The Kier molecular flexibility index (Phi) is 7.26. The summed E-state index contributed by atoms with van der Waals surface area (Å²) in [6.07, 6.45) is 0. The third kappa shape index (κ3) is 5.13. The third-order valence-corrected chi connectivity index (χ3v) is 12.2. The summed E-state index contributed by atoms with van der Waals surface area (Å²) in [7, 11) is 0. The van der Waals surface area contributed by atoms with E-state index in [1.54, 1.807) is 0 Å². The summed E-state index contributed by atoms with van der Waals surface area (Å²) in [6.45, 7) is 0. The Labute approximate surface area is 304 Å². The SMILES string of the molecule is c1ccc(-c2ccc(-c3ccc(N(c4ccc(-c5ccccc5)c5c4sc4ccccc45)c4cccc5sc6ccccc6c45)cc3)cc2)cc1. The van der Waals surface area contributed by atoms with Gasteiger partial charge in [0.1, 0.15) is 0 Å². The van der Waals surface area contributed by atoms with Crippen LogP contribution >= 0.6 is 22.7 Å². The first-order chi connectivity index (χ1) is 25.3. The molecule has 0 radical (unpaired) electrons. The van der Waals surface area contributed by atoms with Crippen molar-refractivity contribution in [2.75, 3.05) is 4.90 Å². The molecule has 10 aromatic rings.